The van der Waals surface area contributed by atoms with E-state index in [0.717, 1.165) is 0 Å². The van der Waals surface area contributed by atoms with Crippen LogP contribution in [0.2, 0.25) is 0 Å². The molecule has 0 saturated carbocycles. The van der Waals surface area contributed by atoms with Crippen molar-refractivity contribution in [3.05, 3.63) is 35.0 Å². The zero-order valence-corrected chi connectivity index (χ0v) is 14.3. The molecule has 0 atom stereocenters. The van der Waals surface area contributed by atoms with Crippen molar-refractivity contribution < 1.29 is 9.47 Å². The van der Waals surface area contributed by atoms with Crippen molar-refractivity contribution in [1.29, 1.82) is 0 Å². The maximum atomic E-state index is 5.37. The molecule has 3 heterocycles. The first-order valence-electron chi connectivity index (χ1n) is 6.63. The number of halogens is 1. The largest absolute Gasteiger partial charge is 0.481 e. The first-order valence-corrected chi connectivity index (χ1v) is 7.42. The van der Waals surface area contributed by atoms with Gasteiger partial charge in [-0.05, 0) is 28.9 Å². The van der Waals surface area contributed by atoms with E-state index in [0.29, 0.717) is 39.4 Å². The smallest absolute Gasteiger partial charge is 0.241 e. The van der Waals surface area contributed by atoms with Gasteiger partial charge in [0.05, 0.1) is 26.6 Å². The minimum Gasteiger partial charge on any atom is -0.481 e. The molecule has 0 fully saturated rings. The molecule has 0 bridgehead atoms. The normalized spacial score (nSPS) is 10.6. The second kappa shape index (κ2) is 6.29. The Morgan fingerprint density at radius 1 is 1.04 bits per heavy atom. The molecule has 0 amide bonds. The van der Waals surface area contributed by atoms with E-state index < -0.39 is 0 Å². The molecule has 8 nitrogen and oxygen atoms in total. The van der Waals surface area contributed by atoms with E-state index in [1.807, 2.05) is 17.6 Å². The Morgan fingerprint density at radius 3 is 2.52 bits per heavy atom. The van der Waals surface area contributed by atoms with Crippen molar-refractivity contribution >= 4 is 15.9 Å². The van der Waals surface area contributed by atoms with Crippen molar-refractivity contribution in [2.45, 2.75) is 6.92 Å². The van der Waals surface area contributed by atoms with E-state index in [1.165, 1.54) is 0 Å². The summed E-state index contributed by atoms with van der Waals surface area (Å²) in [5.74, 6) is 2.09. The topological polar surface area (TPSA) is 87.8 Å². The van der Waals surface area contributed by atoms with Crippen LogP contribution in [0.5, 0.6) is 11.8 Å². The fourth-order valence-electron chi connectivity index (χ4n) is 2.09. The zero-order valence-electron chi connectivity index (χ0n) is 12.7. The number of hydrogen-bond donors (Lipinski definition) is 0. The minimum absolute atomic E-state index is 0.401. The summed E-state index contributed by atoms with van der Waals surface area (Å²) in [5.41, 5.74) is 1.28. The van der Waals surface area contributed by atoms with E-state index in [-0.39, 0.29) is 0 Å². The van der Waals surface area contributed by atoms with Gasteiger partial charge in [-0.2, -0.15) is 4.98 Å². The summed E-state index contributed by atoms with van der Waals surface area (Å²) >= 11 is 3.26. The lowest BCUT2D eigenvalue weighted by molar-refractivity contribution is 0.363. The Bertz CT molecular complexity index is 834. The number of aromatic nitrogens is 6. The quantitative estimate of drug-likeness (QED) is 0.689. The Labute approximate surface area is 140 Å². The molecule has 3 aromatic heterocycles. The van der Waals surface area contributed by atoms with Gasteiger partial charge in [-0.1, -0.05) is 0 Å². The highest BCUT2D eigenvalue weighted by Gasteiger charge is 2.18. The van der Waals surface area contributed by atoms with Gasteiger partial charge >= 0.3 is 0 Å². The summed E-state index contributed by atoms with van der Waals surface area (Å²) in [6.45, 7) is 1.84. The molecule has 0 unspecified atom stereocenters. The number of pyridine rings is 1. The Kier molecular flexibility index (Phi) is 4.20. The van der Waals surface area contributed by atoms with Crippen LogP contribution in [0.15, 0.2) is 29.1 Å². The number of nitrogens with zero attached hydrogens (tertiary/aromatic N) is 6. The maximum Gasteiger partial charge on any atom is 0.241 e. The first kappa shape index (κ1) is 15.3. The SMILES string of the molecule is COc1ccc(-n2c(C)nnc2-c2cnc(Br)cn2)c(OC)n1. The third-order valence-electron chi connectivity index (χ3n) is 3.13. The van der Waals surface area contributed by atoms with E-state index in [4.69, 9.17) is 9.47 Å². The summed E-state index contributed by atoms with van der Waals surface area (Å²) in [6, 6.07) is 3.57. The third kappa shape index (κ3) is 2.87. The van der Waals surface area contributed by atoms with Crippen LogP contribution in [0.25, 0.3) is 17.2 Å². The van der Waals surface area contributed by atoms with Crippen LogP contribution in [0.4, 0.5) is 0 Å². The molecule has 23 heavy (non-hydrogen) atoms. The van der Waals surface area contributed by atoms with Gasteiger partial charge in [0.25, 0.3) is 0 Å². The number of methoxy groups -OCH3 is 2. The van der Waals surface area contributed by atoms with Crippen molar-refractivity contribution in [2.24, 2.45) is 0 Å². The molecule has 0 aliphatic rings. The molecule has 3 aromatic rings. The lowest BCUT2D eigenvalue weighted by Gasteiger charge is -2.12. The minimum atomic E-state index is 0.401. The average molecular weight is 377 g/mol. The highest BCUT2D eigenvalue weighted by molar-refractivity contribution is 9.10. The molecule has 0 saturated heterocycles. The van der Waals surface area contributed by atoms with Crippen LogP contribution < -0.4 is 9.47 Å². The molecule has 0 spiro atoms. The number of aryl methyl sites for hydroxylation is 1. The van der Waals surface area contributed by atoms with E-state index >= 15 is 0 Å². The molecular weight excluding hydrogens is 364 g/mol. The van der Waals surface area contributed by atoms with Gasteiger partial charge < -0.3 is 9.47 Å². The molecule has 0 aliphatic heterocycles. The standard InChI is InChI=1S/C14H13BrN6O2/c1-8-19-20-13(9-6-17-11(15)7-16-9)21(8)10-4-5-12(22-2)18-14(10)23-3/h4-7H,1-3H3. The Balaban J connectivity index is 2.17. The number of ether oxygens (including phenoxy) is 2. The van der Waals surface area contributed by atoms with Gasteiger partial charge in [0.15, 0.2) is 5.82 Å². The van der Waals surface area contributed by atoms with Crippen LogP contribution >= 0.6 is 15.9 Å². The second-order valence-corrected chi connectivity index (χ2v) is 5.33. The lowest BCUT2D eigenvalue weighted by Crippen LogP contribution is -2.05. The highest BCUT2D eigenvalue weighted by atomic mass is 79.9. The van der Waals surface area contributed by atoms with Gasteiger partial charge in [0, 0.05) is 6.07 Å². The van der Waals surface area contributed by atoms with Gasteiger partial charge in [-0.3, -0.25) is 4.57 Å². The highest BCUT2D eigenvalue weighted by Crippen LogP contribution is 2.28. The molecule has 0 aromatic carbocycles. The summed E-state index contributed by atoms with van der Waals surface area (Å²) < 4.78 is 12.9. The maximum absolute atomic E-state index is 5.37. The monoisotopic (exact) mass is 376 g/mol. The predicted octanol–water partition coefficient (Wildman–Crippen LogP) is 2.21. The molecular formula is C14H13BrN6O2. The predicted molar refractivity (Wildman–Crippen MR) is 85.7 cm³/mol. The van der Waals surface area contributed by atoms with Crippen molar-refractivity contribution in [1.82, 2.24) is 29.7 Å². The summed E-state index contributed by atoms with van der Waals surface area (Å²) in [4.78, 5) is 12.8. The fourth-order valence-corrected chi connectivity index (χ4v) is 2.30. The van der Waals surface area contributed by atoms with Gasteiger partial charge in [-0.15, -0.1) is 10.2 Å². The Morgan fingerprint density at radius 2 is 1.87 bits per heavy atom. The van der Waals surface area contributed by atoms with E-state index in [9.17, 15) is 0 Å². The first-order chi connectivity index (χ1) is 11.1. The molecule has 0 aliphatic carbocycles. The summed E-state index contributed by atoms with van der Waals surface area (Å²) in [5, 5.41) is 8.32. The van der Waals surface area contributed by atoms with Gasteiger partial charge in [-0.25, -0.2) is 9.97 Å². The molecule has 3 rings (SSSR count). The summed E-state index contributed by atoms with van der Waals surface area (Å²) in [7, 11) is 3.10. The fraction of sp³-hybridized carbons (Fsp3) is 0.214. The van der Waals surface area contributed by atoms with Crippen LogP contribution in [0.1, 0.15) is 5.82 Å². The third-order valence-corrected chi connectivity index (χ3v) is 3.54. The van der Waals surface area contributed by atoms with Gasteiger partial charge in [0.2, 0.25) is 11.8 Å². The molecule has 0 radical (unpaired) electrons. The molecule has 118 valence electrons. The molecule has 0 N–H and O–H groups in total. The van der Waals surface area contributed by atoms with E-state index in [2.05, 4.69) is 41.1 Å². The van der Waals surface area contributed by atoms with E-state index in [1.54, 1.807) is 32.7 Å². The average Bonchev–Trinajstić information content (AvgIpc) is 2.96. The number of hydrogen-bond acceptors (Lipinski definition) is 7. The van der Waals surface area contributed by atoms with Crippen LogP contribution in [-0.2, 0) is 0 Å². The molecule has 9 heteroatoms. The van der Waals surface area contributed by atoms with Crippen molar-refractivity contribution in [2.75, 3.05) is 14.2 Å². The summed E-state index contributed by atoms with van der Waals surface area (Å²) in [6.07, 6.45) is 3.22. The number of rotatable bonds is 4. The van der Waals surface area contributed by atoms with Crippen molar-refractivity contribution in [3.8, 4) is 29.0 Å². The zero-order chi connectivity index (χ0) is 16.4. The lowest BCUT2D eigenvalue weighted by atomic mass is 10.3. The second-order valence-electron chi connectivity index (χ2n) is 4.51. The van der Waals surface area contributed by atoms with Gasteiger partial charge in [0.1, 0.15) is 21.8 Å². The van der Waals surface area contributed by atoms with Crippen LogP contribution in [0, 0.1) is 6.92 Å². The van der Waals surface area contributed by atoms with Crippen LogP contribution in [0.3, 0.4) is 0 Å². The Hall–Kier alpha value is -2.55. The van der Waals surface area contributed by atoms with Crippen molar-refractivity contribution in [3.63, 3.8) is 0 Å². The van der Waals surface area contributed by atoms with Crippen LogP contribution in [-0.4, -0.2) is 43.9 Å².